The van der Waals surface area contributed by atoms with E-state index in [4.69, 9.17) is 33.8 Å². The normalized spacial score (nSPS) is 15.5. The molecule has 21 N–H and O–H groups in total. The molecule has 388 valence electrons. The van der Waals surface area contributed by atoms with E-state index in [0.717, 1.165) is 0 Å². The number of hydrogen-bond donors (Lipinski definition) is 17. The van der Waals surface area contributed by atoms with Gasteiger partial charge in [0.05, 0.1) is 13.2 Å². The monoisotopic (exact) mass is 990 g/mol. The highest BCUT2D eigenvalue weighted by Gasteiger charge is 2.36. The fraction of sp³-hybridized carbons (Fsp3) is 0.725. The molecule has 0 heterocycles. The fourth-order valence-corrected chi connectivity index (χ4v) is 6.26. The SMILES string of the molecule is CC[C@H](C)[C@H](NC(=O)[C@H](C)NC(=O)[C@@H](N)CO)C(=O)N[C@@H](CS)C(=O)N[C@@H](CO)C(=O)N[C@H](C(=O)N[C@H](C(=O)N[C@@H](CCCN=C(N)N)C(=O)N[C@@H](CCCN=C(N)N)C(=O)O)C(C)C)C(C)C. The maximum absolute atomic E-state index is 13.8. The smallest absolute Gasteiger partial charge is 0.326 e. The third-order valence-corrected chi connectivity index (χ3v) is 10.7. The average Bonchev–Trinajstić information content (AvgIpc) is 3.27. The van der Waals surface area contributed by atoms with Crippen LogP contribution >= 0.6 is 12.6 Å². The van der Waals surface area contributed by atoms with Crippen molar-refractivity contribution in [3.8, 4) is 0 Å². The third kappa shape index (κ3) is 22.7. The van der Waals surface area contributed by atoms with Crippen molar-refractivity contribution in [2.45, 2.75) is 135 Å². The number of rotatable bonds is 32. The van der Waals surface area contributed by atoms with Gasteiger partial charge in [-0.1, -0.05) is 48.0 Å². The number of aliphatic imine (C=N–C) groups is 2. The van der Waals surface area contributed by atoms with Crippen LogP contribution in [-0.4, -0.2) is 167 Å². The van der Waals surface area contributed by atoms with Gasteiger partial charge in [0.1, 0.15) is 54.4 Å². The number of thiol groups is 1. The number of hydrogen-bond acceptors (Lipinski definition) is 15. The summed E-state index contributed by atoms with van der Waals surface area (Å²) in [6.45, 7) is 9.62. The maximum atomic E-state index is 13.8. The standard InChI is InChI=1S/C40H75N15O12S/c1-8-20(6)29(55-30(58)21(7)48-31(59)22(41)15-56)37(65)52-26(17-68)34(62)51-25(16-57)33(61)53-28(19(4)5)36(64)54-27(18(2)3)35(63)49-23(11-9-13-46-39(42)43)32(60)50-24(38(66)67)12-10-14-47-40(44)45/h18-29,56-57,68H,8-17,41H2,1-7H3,(H,48,59)(H,49,63)(H,50,60)(H,51,62)(H,52,65)(H,53,61)(H,54,64)(H,55,58)(H,66,67)(H4,42,43,46)(H4,44,45,47)/t20-,21-,22-,23-,24-,25-,26-,27-,28-,29-/m0/s1. The van der Waals surface area contributed by atoms with Gasteiger partial charge >= 0.3 is 5.97 Å². The van der Waals surface area contributed by atoms with Crippen LogP contribution in [0.1, 0.15) is 80.6 Å². The van der Waals surface area contributed by atoms with E-state index in [1.807, 2.05) is 0 Å². The van der Waals surface area contributed by atoms with Crippen LogP contribution in [0.25, 0.3) is 0 Å². The summed E-state index contributed by atoms with van der Waals surface area (Å²) in [5, 5.41) is 48.8. The van der Waals surface area contributed by atoms with Gasteiger partial charge in [-0.2, -0.15) is 12.6 Å². The Hall–Kier alpha value is -6.00. The first-order valence-corrected chi connectivity index (χ1v) is 22.7. The van der Waals surface area contributed by atoms with E-state index in [-0.39, 0.29) is 56.4 Å². The molecule has 0 saturated carbocycles. The Morgan fingerprint density at radius 2 is 0.912 bits per heavy atom. The number of guanidine groups is 2. The summed E-state index contributed by atoms with van der Waals surface area (Å²) >= 11 is 4.16. The highest BCUT2D eigenvalue weighted by atomic mass is 32.1. The van der Waals surface area contributed by atoms with Crippen LogP contribution in [0.4, 0.5) is 0 Å². The molecule has 0 aliphatic carbocycles. The number of carbonyl (C=O) groups is 9. The lowest BCUT2D eigenvalue weighted by Crippen LogP contribution is -2.62. The minimum Gasteiger partial charge on any atom is -0.480 e. The molecule has 8 amide bonds. The number of carbonyl (C=O) groups excluding carboxylic acids is 8. The summed E-state index contributed by atoms with van der Waals surface area (Å²) in [4.78, 5) is 126. The summed E-state index contributed by atoms with van der Waals surface area (Å²) in [6, 6.07) is -12.1. The first-order chi connectivity index (χ1) is 31.8. The lowest BCUT2D eigenvalue weighted by molar-refractivity contribution is -0.142. The highest BCUT2D eigenvalue weighted by molar-refractivity contribution is 7.80. The van der Waals surface area contributed by atoms with E-state index in [9.17, 15) is 53.4 Å². The number of aliphatic carboxylic acids is 1. The van der Waals surface area contributed by atoms with Gasteiger partial charge in [0.25, 0.3) is 0 Å². The summed E-state index contributed by atoms with van der Waals surface area (Å²) in [6.07, 6.45) is 0.652. The van der Waals surface area contributed by atoms with Crippen molar-refractivity contribution in [1.29, 1.82) is 0 Å². The van der Waals surface area contributed by atoms with Gasteiger partial charge in [0, 0.05) is 18.8 Å². The second-order valence-electron chi connectivity index (χ2n) is 16.7. The van der Waals surface area contributed by atoms with E-state index in [1.54, 1.807) is 41.5 Å². The Morgan fingerprint density at radius 1 is 0.515 bits per heavy atom. The Bertz CT molecular complexity index is 1760. The second-order valence-corrected chi connectivity index (χ2v) is 17.1. The molecule has 10 atom stereocenters. The van der Waals surface area contributed by atoms with Gasteiger partial charge in [0.2, 0.25) is 47.3 Å². The van der Waals surface area contributed by atoms with Crippen LogP contribution in [0.3, 0.4) is 0 Å². The van der Waals surface area contributed by atoms with E-state index >= 15 is 0 Å². The largest absolute Gasteiger partial charge is 0.480 e. The molecule has 0 rings (SSSR count). The van der Waals surface area contributed by atoms with Crippen molar-refractivity contribution in [3.63, 3.8) is 0 Å². The maximum Gasteiger partial charge on any atom is 0.326 e. The van der Waals surface area contributed by atoms with E-state index in [2.05, 4.69) is 65.1 Å². The predicted octanol–water partition coefficient (Wildman–Crippen LogP) is -6.32. The zero-order valence-electron chi connectivity index (χ0n) is 39.7. The Kier molecular flexibility index (Phi) is 29.1. The number of nitrogens with zero attached hydrogens (tertiary/aromatic N) is 2. The molecular weight excluding hydrogens is 915 g/mol. The Labute approximate surface area is 401 Å². The Balaban J connectivity index is 6.14. The van der Waals surface area contributed by atoms with Crippen molar-refractivity contribution in [1.82, 2.24) is 42.5 Å². The summed E-state index contributed by atoms with van der Waals surface area (Å²) in [5.41, 5.74) is 27.0. The van der Waals surface area contributed by atoms with Crippen LogP contribution in [0, 0.1) is 17.8 Å². The molecule has 68 heavy (non-hydrogen) atoms. The van der Waals surface area contributed by atoms with Gasteiger partial charge in [-0.05, 0) is 50.4 Å². The molecule has 0 unspecified atom stereocenters. The molecule has 0 saturated heterocycles. The molecule has 0 bridgehead atoms. The van der Waals surface area contributed by atoms with Crippen molar-refractivity contribution in [2.75, 3.05) is 32.1 Å². The first-order valence-electron chi connectivity index (χ1n) is 22.1. The molecule has 0 aliphatic rings. The minimum atomic E-state index is -1.67. The fourth-order valence-electron chi connectivity index (χ4n) is 6.01. The number of nitrogens with two attached hydrogens (primary N) is 5. The van der Waals surface area contributed by atoms with Crippen molar-refractivity contribution < 1.29 is 58.5 Å². The molecule has 0 aromatic heterocycles. The molecule has 0 fully saturated rings. The van der Waals surface area contributed by atoms with Crippen molar-refractivity contribution in [2.24, 2.45) is 56.4 Å². The average molecular weight is 990 g/mol. The third-order valence-electron chi connectivity index (χ3n) is 10.3. The lowest BCUT2D eigenvalue weighted by Gasteiger charge is -2.30. The van der Waals surface area contributed by atoms with Crippen LogP contribution in [0.2, 0.25) is 0 Å². The topological polar surface area (TPSA) is 465 Å². The van der Waals surface area contributed by atoms with Gasteiger partial charge < -0.3 is 86.5 Å². The summed E-state index contributed by atoms with van der Waals surface area (Å²) in [7, 11) is 0. The molecule has 0 spiro atoms. The van der Waals surface area contributed by atoms with Gasteiger partial charge in [-0.15, -0.1) is 0 Å². The minimum absolute atomic E-state index is 0.0536. The number of amides is 8. The number of carboxylic acids is 1. The number of aliphatic hydroxyl groups excluding tert-OH is 2. The molecule has 0 radical (unpaired) electrons. The molecular formula is C40H75N15O12S. The molecule has 0 aromatic carbocycles. The highest BCUT2D eigenvalue weighted by Crippen LogP contribution is 2.12. The summed E-state index contributed by atoms with van der Waals surface area (Å²) < 4.78 is 0. The van der Waals surface area contributed by atoms with Crippen LogP contribution in [0.5, 0.6) is 0 Å². The van der Waals surface area contributed by atoms with E-state index < -0.39 is 139 Å². The predicted molar refractivity (Wildman–Crippen MR) is 254 cm³/mol. The number of aliphatic hydroxyl groups is 2. The Morgan fingerprint density at radius 3 is 1.35 bits per heavy atom. The zero-order chi connectivity index (χ0) is 52.4. The first kappa shape index (κ1) is 62.0. The van der Waals surface area contributed by atoms with E-state index in [1.165, 1.54) is 6.92 Å². The molecule has 0 aromatic rings. The van der Waals surface area contributed by atoms with Crippen LogP contribution in [0.15, 0.2) is 9.98 Å². The second kappa shape index (κ2) is 31.9. The van der Waals surface area contributed by atoms with Crippen LogP contribution in [-0.2, 0) is 43.2 Å². The number of carboxylic acid groups (broad SMARTS) is 1. The van der Waals surface area contributed by atoms with Gasteiger partial charge in [-0.25, -0.2) is 4.79 Å². The van der Waals surface area contributed by atoms with Crippen molar-refractivity contribution >= 4 is 77.8 Å². The van der Waals surface area contributed by atoms with E-state index in [0.29, 0.717) is 6.42 Å². The number of nitrogens with one attached hydrogen (secondary N) is 8. The zero-order valence-corrected chi connectivity index (χ0v) is 40.6. The van der Waals surface area contributed by atoms with Gasteiger partial charge in [0.15, 0.2) is 11.9 Å². The molecule has 28 heteroatoms. The lowest BCUT2D eigenvalue weighted by atomic mass is 9.97. The summed E-state index contributed by atoms with van der Waals surface area (Å²) in [5.74, 6) is -10.7. The van der Waals surface area contributed by atoms with Crippen molar-refractivity contribution in [3.05, 3.63) is 0 Å². The van der Waals surface area contributed by atoms with Crippen LogP contribution < -0.4 is 71.2 Å². The molecule has 27 nitrogen and oxygen atoms in total. The quantitative estimate of drug-likeness (QED) is 0.0129. The van der Waals surface area contributed by atoms with Gasteiger partial charge in [-0.3, -0.25) is 48.3 Å². The molecule has 0 aliphatic heterocycles.